The molecule has 0 aliphatic rings. The van der Waals surface area contributed by atoms with E-state index in [0.717, 1.165) is 53.6 Å². The molecule has 5 aromatic rings. The molecule has 0 saturated heterocycles. The van der Waals surface area contributed by atoms with Crippen molar-refractivity contribution >= 4 is 39.8 Å². The highest BCUT2D eigenvalue weighted by molar-refractivity contribution is 6.32. The Morgan fingerprint density at radius 2 is 1.84 bits per heavy atom. The number of Topliss-reactive ketones (excluding diaryl/α,β-unsaturated/α-hetero) is 1. The third kappa shape index (κ3) is 8.63. The molecule has 10 heteroatoms. The molecule has 0 atom stereocenters. The number of halogens is 2. The minimum absolute atomic E-state index is 0.108. The highest BCUT2D eigenvalue weighted by atomic mass is 35.5. The number of nitrogens with zero attached hydrogens (tertiary/aromatic N) is 2. The molecule has 3 aromatic carbocycles. The van der Waals surface area contributed by atoms with Crippen LogP contribution in [0.15, 0.2) is 83.5 Å². The lowest BCUT2D eigenvalue weighted by Gasteiger charge is -2.12. The van der Waals surface area contributed by atoms with E-state index in [-0.39, 0.29) is 24.8 Å². The number of carbonyl (C=O) groups is 1. The molecular formula is C34H33ClFN3O5. The lowest BCUT2D eigenvalue weighted by Crippen LogP contribution is -2.02. The Morgan fingerprint density at radius 3 is 2.68 bits per heavy atom. The largest absolute Gasteiger partial charge is 0.487 e. The normalized spacial score (nSPS) is 11.2. The van der Waals surface area contributed by atoms with Gasteiger partial charge in [-0.2, -0.15) is 0 Å². The fraction of sp³-hybridized carbons (Fsp3) is 0.265. The van der Waals surface area contributed by atoms with Crippen LogP contribution in [0.3, 0.4) is 0 Å². The van der Waals surface area contributed by atoms with Crippen LogP contribution in [-0.2, 0) is 22.7 Å². The summed E-state index contributed by atoms with van der Waals surface area (Å²) in [6.45, 7) is 0.800. The monoisotopic (exact) mass is 617 g/mol. The molecule has 2 N–H and O–H groups in total. The second-order valence-electron chi connectivity index (χ2n) is 10.3. The number of aromatic nitrogens is 2. The highest BCUT2D eigenvalue weighted by Crippen LogP contribution is 2.33. The molecular weight excluding hydrogens is 585 g/mol. The van der Waals surface area contributed by atoms with Crippen LogP contribution in [0.25, 0.3) is 22.2 Å². The Labute approximate surface area is 259 Å². The topological polar surface area (TPSA) is 107 Å². The molecule has 2 heterocycles. The summed E-state index contributed by atoms with van der Waals surface area (Å²) in [5.74, 6) is 2.10. The third-order valence-corrected chi connectivity index (χ3v) is 7.27. The summed E-state index contributed by atoms with van der Waals surface area (Å²) in [6, 6.07) is 21.2. The number of carbonyl (C=O) groups excluding carboxylic acids is 1. The maximum Gasteiger partial charge on any atom is 0.158 e. The number of ketones is 1. The van der Waals surface area contributed by atoms with Crippen molar-refractivity contribution in [1.29, 1.82) is 0 Å². The fourth-order valence-electron chi connectivity index (χ4n) is 4.67. The molecule has 8 nitrogen and oxygen atoms in total. The second-order valence-corrected chi connectivity index (χ2v) is 10.7. The van der Waals surface area contributed by atoms with Crippen molar-refractivity contribution in [2.75, 3.05) is 18.5 Å². The number of aliphatic hydroxyl groups is 1. The molecule has 0 amide bonds. The molecule has 0 aliphatic heterocycles. The van der Waals surface area contributed by atoms with Crippen LogP contribution in [-0.4, -0.2) is 34.1 Å². The van der Waals surface area contributed by atoms with Gasteiger partial charge in [-0.1, -0.05) is 36.6 Å². The maximum atomic E-state index is 13.5. The van der Waals surface area contributed by atoms with Crippen molar-refractivity contribution in [2.45, 2.75) is 45.3 Å². The van der Waals surface area contributed by atoms with Gasteiger partial charge in [-0.25, -0.2) is 14.4 Å². The quantitative estimate of drug-likeness (QED) is 0.107. The van der Waals surface area contributed by atoms with E-state index in [0.29, 0.717) is 47.5 Å². The lowest BCUT2D eigenvalue weighted by molar-refractivity contribution is -0.121. The van der Waals surface area contributed by atoms with Crippen LogP contribution in [0.2, 0.25) is 5.02 Å². The van der Waals surface area contributed by atoms with Gasteiger partial charge in [0.2, 0.25) is 0 Å². The van der Waals surface area contributed by atoms with Gasteiger partial charge in [0.15, 0.2) is 5.78 Å². The number of hydrogen-bond donors (Lipinski definition) is 2. The SMILES string of the molecule is O=C(CO)CCCCCCOCc1ccc(-c2ccc3ncnc(Nc4ccc(OCc5cccc(F)c5)c(Cl)c4)c3c2)o1. The summed E-state index contributed by atoms with van der Waals surface area (Å²) in [5.41, 5.74) is 3.07. The number of fused-ring (bicyclic) bond motifs is 1. The van der Waals surface area contributed by atoms with Crippen LogP contribution in [0.4, 0.5) is 15.9 Å². The van der Waals surface area contributed by atoms with Crippen LogP contribution in [0.1, 0.15) is 43.4 Å². The first-order chi connectivity index (χ1) is 21.5. The Kier molecular flexibility index (Phi) is 10.9. The summed E-state index contributed by atoms with van der Waals surface area (Å²) in [4.78, 5) is 20.0. The van der Waals surface area contributed by atoms with Crippen molar-refractivity contribution in [1.82, 2.24) is 9.97 Å². The van der Waals surface area contributed by atoms with Gasteiger partial charge in [-0.15, -0.1) is 0 Å². The van der Waals surface area contributed by atoms with Crippen LogP contribution < -0.4 is 10.1 Å². The number of anilines is 2. The summed E-state index contributed by atoms with van der Waals surface area (Å²) < 4.78 is 31.1. The van der Waals surface area contributed by atoms with Gasteiger partial charge < -0.3 is 24.3 Å². The standard InChI is InChI=1S/C34H33ClFN3O5/c35-30-18-26(10-13-33(30)43-20-23-6-5-7-25(36)16-23)39-34-29-17-24(9-12-31(29)37-22-38-34)32-14-11-28(44-32)21-42-15-4-2-1-3-8-27(41)19-40/h5-7,9-14,16-18,22,40H,1-4,8,15,19-21H2,(H,37,38,39). The Morgan fingerprint density at radius 1 is 0.955 bits per heavy atom. The zero-order valence-corrected chi connectivity index (χ0v) is 24.9. The van der Waals surface area contributed by atoms with Crippen molar-refractivity contribution in [3.05, 3.63) is 101 Å². The van der Waals surface area contributed by atoms with Crippen molar-refractivity contribution < 1.29 is 28.2 Å². The number of benzene rings is 3. The van der Waals surface area contributed by atoms with E-state index in [1.54, 1.807) is 24.3 Å². The van der Waals surface area contributed by atoms with Crippen LogP contribution >= 0.6 is 11.6 Å². The van der Waals surface area contributed by atoms with E-state index >= 15 is 0 Å². The van der Waals surface area contributed by atoms with E-state index in [2.05, 4.69) is 15.3 Å². The Hall–Kier alpha value is -4.31. The summed E-state index contributed by atoms with van der Waals surface area (Å²) in [7, 11) is 0. The van der Waals surface area contributed by atoms with E-state index in [1.807, 2.05) is 36.4 Å². The molecule has 44 heavy (non-hydrogen) atoms. The molecule has 228 valence electrons. The molecule has 0 fully saturated rings. The van der Waals surface area contributed by atoms with Gasteiger partial charge in [-0.05, 0) is 79.1 Å². The zero-order chi connectivity index (χ0) is 30.7. The summed E-state index contributed by atoms with van der Waals surface area (Å²) in [5, 5.41) is 13.3. The third-order valence-electron chi connectivity index (χ3n) is 6.97. The minimum atomic E-state index is -0.374. The van der Waals surface area contributed by atoms with Crippen molar-refractivity contribution in [3.8, 4) is 17.1 Å². The van der Waals surface area contributed by atoms with E-state index in [4.69, 9.17) is 30.6 Å². The zero-order valence-electron chi connectivity index (χ0n) is 24.1. The summed E-state index contributed by atoms with van der Waals surface area (Å²) in [6.07, 6.45) is 5.54. The average Bonchev–Trinajstić information content (AvgIpc) is 3.51. The minimum Gasteiger partial charge on any atom is -0.487 e. The van der Waals surface area contributed by atoms with E-state index in [9.17, 15) is 9.18 Å². The van der Waals surface area contributed by atoms with Gasteiger partial charge in [-0.3, -0.25) is 4.79 Å². The fourth-order valence-corrected chi connectivity index (χ4v) is 4.91. The highest BCUT2D eigenvalue weighted by Gasteiger charge is 2.11. The predicted molar refractivity (Wildman–Crippen MR) is 168 cm³/mol. The number of nitrogens with one attached hydrogen (secondary N) is 1. The number of ether oxygens (including phenoxy) is 2. The smallest absolute Gasteiger partial charge is 0.158 e. The van der Waals surface area contributed by atoms with Gasteiger partial charge >= 0.3 is 0 Å². The van der Waals surface area contributed by atoms with Gasteiger partial charge in [0.05, 0.1) is 10.5 Å². The van der Waals surface area contributed by atoms with Crippen LogP contribution in [0, 0.1) is 5.82 Å². The van der Waals surface area contributed by atoms with Crippen molar-refractivity contribution in [3.63, 3.8) is 0 Å². The van der Waals surface area contributed by atoms with Crippen LogP contribution in [0.5, 0.6) is 5.75 Å². The number of rotatable bonds is 16. The Bertz CT molecular complexity index is 1710. The van der Waals surface area contributed by atoms with Gasteiger partial charge in [0, 0.05) is 29.7 Å². The first kappa shape index (κ1) is 31.1. The van der Waals surface area contributed by atoms with E-state index in [1.165, 1.54) is 18.5 Å². The van der Waals surface area contributed by atoms with Gasteiger partial charge in [0.1, 0.15) is 55.1 Å². The average molecular weight is 618 g/mol. The van der Waals surface area contributed by atoms with Gasteiger partial charge in [0.25, 0.3) is 0 Å². The molecule has 0 spiro atoms. The molecule has 0 radical (unpaired) electrons. The molecule has 0 aliphatic carbocycles. The molecule has 5 rings (SSSR count). The maximum absolute atomic E-state index is 13.5. The molecule has 0 bridgehead atoms. The second kappa shape index (κ2) is 15.4. The molecule has 0 unspecified atom stereocenters. The first-order valence-corrected chi connectivity index (χ1v) is 14.8. The number of unbranched alkanes of at least 4 members (excludes halogenated alkanes) is 3. The lowest BCUT2D eigenvalue weighted by atomic mass is 10.1. The summed E-state index contributed by atoms with van der Waals surface area (Å²) >= 11 is 6.49. The van der Waals surface area contributed by atoms with E-state index < -0.39 is 0 Å². The number of aliphatic hydroxyl groups excluding tert-OH is 1. The van der Waals surface area contributed by atoms with Crippen molar-refractivity contribution in [2.24, 2.45) is 0 Å². The predicted octanol–water partition coefficient (Wildman–Crippen LogP) is 8.03. The molecule has 2 aromatic heterocycles. The number of furan rings is 1. The molecule has 0 saturated carbocycles. The first-order valence-electron chi connectivity index (χ1n) is 14.5. The Balaban J connectivity index is 1.18. The number of hydrogen-bond acceptors (Lipinski definition) is 8.